The third kappa shape index (κ3) is 1.88. The van der Waals surface area contributed by atoms with Gasteiger partial charge in [0.25, 0.3) is 0 Å². The van der Waals surface area contributed by atoms with Crippen LogP contribution in [0.2, 0.25) is 0 Å². The maximum atomic E-state index is 11.0. The molecular weight excluding hydrogens is 230 g/mol. The van der Waals surface area contributed by atoms with Crippen LogP contribution in [0.5, 0.6) is 0 Å². The van der Waals surface area contributed by atoms with Crippen molar-refractivity contribution in [2.75, 3.05) is 19.6 Å². The molecule has 4 aliphatic rings. The van der Waals surface area contributed by atoms with Crippen LogP contribution in [0.25, 0.3) is 0 Å². The molecule has 2 N–H and O–H groups in total. The van der Waals surface area contributed by atoms with Gasteiger partial charge in [-0.15, -0.1) is 0 Å². The van der Waals surface area contributed by atoms with Crippen LogP contribution in [0, 0.1) is 23.7 Å². The maximum Gasteiger partial charge on any atom is 0.336 e. The highest BCUT2D eigenvalue weighted by molar-refractivity contribution is 5.76. The SMILES string of the molecule is CC(O)(CN1CC2C3C=CC(CC3)C2C1)C(=O)O. The molecule has 1 aliphatic heterocycles. The zero-order chi connectivity index (χ0) is 12.9. The molecule has 5 atom stereocenters. The first kappa shape index (κ1) is 12.2. The highest BCUT2D eigenvalue weighted by atomic mass is 16.4. The number of carboxylic acid groups (broad SMARTS) is 1. The lowest BCUT2D eigenvalue weighted by Crippen LogP contribution is -2.46. The van der Waals surface area contributed by atoms with Crippen molar-refractivity contribution < 1.29 is 15.0 Å². The molecule has 3 aliphatic carbocycles. The Hall–Kier alpha value is -0.870. The van der Waals surface area contributed by atoms with Gasteiger partial charge in [0.2, 0.25) is 0 Å². The number of aliphatic hydroxyl groups is 1. The summed E-state index contributed by atoms with van der Waals surface area (Å²) in [6.45, 7) is 3.53. The van der Waals surface area contributed by atoms with Crippen LogP contribution >= 0.6 is 0 Å². The highest BCUT2D eigenvalue weighted by Crippen LogP contribution is 2.48. The normalized spacial score (nSPS) is 41.7. The summed E-state index contributed by atoms with van der Waals surface area (Å²) in [6, 6.07) is 0. The summed E-state index contributed by atoms with van der Waals surface area (Å²) in [6.07, 6.45) is 7.28. The molecule has 1 saturated carbocycles. The van der Waals surface area contributed by atoms with E-state index < -0.39 is 11.6 Å². The van der Waals surface area contributed by atoms with Crippen molar-refractivity contribution in [1.82, 2.24) is 4.90 Å². The summed E-state index contributed by atoms with van der Waals surface area (Å²) < 4.78 is 0. The Morgan fingerprint density at radius 2 is 1.78 bits per heavy atom. The lowest BCUT2D eigenvalue weighted by Gasteiger charge is -2.40. The van der Waals surface area contributed by atoms with E-state index in [1.165, 1.54) is 19.8 Å². The molecule has 0 aromatic carbocycles. The van der Waals surface area contributed by atoms with Gasteiger partial charge >= 0.3 is 5.97 Å². The summed E-state index contributed by atoms with van der Waals surface area (Å²) in [5.41, 5.74) is -1.63. The third-order valence-electron chi connectivity index (χ3n) is 5.02. The van der Waals surface area contributed by atoms with Gasteiger partial charge in [-0.1, -0.05) is 12.2 Å². The molecule has 4 rings (SSSR count). The summed E-state index contributed by atoms with van der Waals surface area (Å²) >= 11 is 0. The lowest BCUT2D eigenvalue weighted by atomic mass is 9.64. The van der Waals surface area contributed by atoms with E-state index in [4.69, 9.17) is 5.11 Å². The van der Waals surface area contributed by atoms with Gasteiger partial charge in [-0.2, -0.15) is 0 Å². The fourth-order valence-electron chi connectivity index (χ4n) is 4.06. The monoisotopic (exact) mass is 251 g/mol. The summed E-state index contributed by atoms with van der Waals surface area (Å²) in [5.74, 6) is 1.59. The fourth-order valence-corrected chi connectivity index (χ4v) is 4.06. The molecule has 4 heteroatoms. The van der Waals surface area contributed by atoms with E-state index in [0.29, 0.717) is 23.7 Å². The largest absolute Gasteiger partial charge is 0.479 e. The molecule has 4 nitrogen and oxygen atoms in total. The van der Waals surface area contributed by atoms with Gasteiger partial charge in [-0.05, 0) is 43.4 Å². The Morgan fingerprint density at radius 1 is 1.28 bits per heavy atom. The molecule has 18 heavy (non-hydrogen) atoms. The molecule has 2 bridgehead atoms. The number of allylic oxidation sites excluding steroid dienone is 2. The van der Waals surface area contributed by atoms with E-state index in [2.05, 4.69) is 17.1 Å². The van der Waals surface area contributed by atoms with Crippen molar-refractivity contribution >= 4 is 5.97 Å². The number of rotatable bonds is 3. The van der Waals surface area contributed by atoms with Gasteiger partial charge in [0, 0.05) is 19.6 Å². The molecule has 0 aromatic rings. The summed E-state index contributed by atoms with van der Waals surface area (Å²) in [7, 11) is 0. The van der Waals surface area contributed by atoms with Crippen molar-refractivity contribution in [2.45, 2.75) is 25.4 Å². The van der Waals surface area contributed by atoms with Gasteiger partial charge in [0.15, 0.2) is 5.60 Å². The summed E-state index contributed by atoms with van der Waals surface area (Å²) in [5, 5.41) is 18.9. The second-order valence-electron chi connectivity index (χ2n) is 6.39. The van der Waals surface area contributed by atoms with Gasteiger partial charge in [-0.25, -0.2) is 4.79 Å². The van der Waals surface area contributed by atoms with Crippen LogP contribution in [0.4, 0.5) is 0 Å². The first-order valence-electron chi connectivity index (χ1n) is 6.84. The fraction of sp³-hybridized carbons (Fsp3) is 0.786. The van der Waals surface area contributed by atoms with E-state index in [9.17, 15) is 9.90 Å². The topological polar surface area (TPSA) is 60.8 Å². The Bertz CT molecular complexity index is 369. The number of carbonyl (C=O) groups is 1. The van der Waals surface area contributed by atoms with Crippen molar-refractivity contribution in [1.29, 1.82) is 0 Å². The van der Waals surface area contributed by atoms with Crippen molar-refractivity contribution in [3.63, 3.8) is 0 Å². The van der Waals surface area contributed by atoms with Crippen molar-refractivity contribution in [2.24, 2.45) is 23.7 Å². The molecule has 2 fully saturated rings. The average molecular weight is 251 g/mol. The molecule has 0 aromatic heterocycles. The van der Waals surface area contributed by atoms with E-state index in [0.717, 1.165) is 13.1 Å². The smallest absolute Gasteiger partial charge is 0.336 e. The average Bonchev–Trinajstić information content (AvgIpc) is 2.74. The van der Waals surface area contributed by atoms with Crippen molar-refractivity contribution in [3.05, 3.63) is 12.2 Å². The molecule has 100 valence electrons. The number of carboxylic acids is 1. The molecular formula is C14H21NO3. The molecule has 1 saturated heterocycles. The van der Waals surface area contributed by atoms with Gasteiger partial charge in [0.1, 0.15) is 0 Å². The Morgan fingerprint density at radius 3 is 2.17 bits per heavy atom. The number of hydrogen-bond acceptors (Lipinski definition) is 3. The third-order valence-corrected chi connectivity index (χ3v) is 5.02. The standard InChI is InChI=1S/C14H21NO3/c1-14(18,13(16)17)8-15-6-11-9-2-3-10(5-4-9)12(11)7-15/h2-3,9-12,18H,4-8H2,1H3,(H,16,17). The van der Waals surface area contributed by atoms with Crippen LogP contribution in [-0.2, 0) is 4.79 Å². The number of aliphatic carboxylic acids is 1. The zero-order valence-electron chi connectivity index (χ0n) is 10.7. The quantitative estimate of drug-likeness (QED) is 0.734. The van der Waals surface area contributed by atoms with Crippen LogP contribution in [-0.4, -0.2) is 46.3 Å². The van der Waals surface area contributed by atoms with Gasteiger partial charge < -0.3 is 10.2 Å². The van der Waals surface area contributed by atoms with E-state index in [1.54, 1.807) is 0 Å². The second-order valence-corrected chi connectivity index (χ2v) is 6.39. The number of nitrogens with zero attached hydrogens (tertiary/aromatic N) is 1. The molecule has 0 radical (unpaired) electrons. The second kappa shape index (κ2) is 4.07. The van der Waals surface area contributed by atoms with Crippen molar-refractivity contribution in [3.8, 4) is 0 Å². The van der Waals surface area contributed by atoms with E-state index in [1.807, 2.05) is 0 Å². The highest BCUT2D eigenvalue weighted by Gasteiger charge is 2.47. The first-order chi connectivity index (χ1) is 8.47. The van der Waals surface area contributed by atoms with Crippen LogP contribution in [0.15, 0.2) is 12.2 Å². The Labute approximate surface area is 107 Å². The summed E-state index contributed by atoms with van der Waals surface area (Å²) in [4.78, 5) is 13.1. The minimum absolute atomic E-state index is 0.245. The first-order valence-corrected chi connectivity index (χ1v) is 6.84. The zero-order valence-corrected chi connectivity index (χ0v) is 10.7. The number of fused-ring (bicyclic) bond motifs is 1. The molecule has 5 unspecified atom stereocenters. The minimum Gasteiger partial charge on any atom is -0.479 e. The predicted octanol–water partition coefficient (Wildman–Crippen LogP) is 0.966. The number of hydrogen-bond donors (Lipinski definition) is 2. The van der Waals surface area contributed by atoms with Gasteiger partial charge in [0.05, 0.1) is 0 Å². The molecule has 0 spiro atoms. The maximum absolute atomic E-state index is 11.0. The number of β-amino-alcohol motifs (C(OH)–C–C–N with tert-alkyl or cyclic N) is 1. The minimum atomic E-state index is -1.63. The van der Waals surface area contributed by atoms with Gasteiger partial charge in [-0.3, -0.25) is 4.90 Å². The lowest BCUT2D eigenvalue weighted by molar-refractivity contribution is -0.158. The predicted molar refractivity (Wildman–Crippen MR) is 67.0 cm³/mol. The van der Waals surface area contributed by atoms with Crippen LogP contribution in [0.3, 0.4) is 0 Å². The Kier molecular flexibility index (Phi) is 2.75. The number of likely N-dealkylation sites (tertiary alicyclic amines) is 1. The van der Waals surface area contributed by atoms with Crippen LogP contribution < -0.4 is 0 Å². The molecule has 0 amide bonds. The van der Waals surface area contributed by atoms with E-state index in [-0.39, 0.29) is 6.54 Å². The van der Waals surface area contributed by atoms with E-state index >= 15 is 0 Å². The Balaban J connectivity index is 1.68. The van der Waals surface area contributed by atoms with Crippen LogP contribution in [0.1, 0.15) is 19.8 Å². The molecule has 1 heterocycles.